The molecule has 0 aromatic carbocycles. The molecule has 0 unspecified atom stereocenters. The van der Waals surface area contributed by atoms with Gasteiger partial charge in [0.2, 0.25) is 0 Å². The van der Waals surface area contributed by atoms with Crippen LogP contribution in [-0.2, 0) is 0 Å². The zero-order valence-corrected chi connectivity index (χ0v) is 9.79. The molecular weight excluding hydrogens is 174 g/mol. The van der Waals surface area contributed by atoms with Gasteiger partial charge in [0.15, 0.2) is 0 Å². The molecule has 0 aliphatic rings. The van der Waals surface area contributed by atoms with Crippen molar-refractivity contribution in [2.45, 2.75) is 46.7 Å². The van der Waals surface area contributed by atoms with Gasteiger partial charge in [-0.05, 0) is 38.8 Å². The number of rotatable bonds is 4. The minimum Gasteiger partial charge on any atom is -0.465 e. The lowest BCUT2D eigenvalue weighted by Crippen LogP contribution is -2.32. The van der Waals surface area contributed by atoms with Gasteiger partial charge in [-0.25, -0.2) is 0 Å². The fraction of sp³-hybridized carbons (Fsp3) is 0.667. The summed E-state index contributed by atoms with van der Waals surface area (Å²) in [4.78, 5) is 0. The molecule has 2 atom stereocenters. The van der Waals surface area contributed by atoms with E-state index in [1.807, 2.05) is 19.1 Å². The van der Waals surface area contributed by atoms with E-state index in [1.54, 1.807) is 0 Å². The van der Waals surface area contributed by atoms with Crippen LogP contribution < -0.4 is 5.32 Å². The first-order chi connectivity index (χ1) is 6.50. The van der Waals surface area contributed by atoms with Crippen molar-refractivity contribution in [3.63, 3.8) is 0 Å². The minimum absolute atomic E-state index is 0.293. The largest absolute Gasteiger partial charge is 0.465 e. The summed E-state index contributed by atoms with van der Waals surface area (Å²) in [5.74, 6) is 2.65. The number of nitrogens with one attached hydrogen (secondary N) is 1. The summed E-state index contributed by atoms with van der Waals surface area (Å²) in [7, 11) is 0. The highest BCUT2D eigenvalue weighted by molar-refractivity contribution is 5.09. The van der Waals surface area contributed by atoms with Crippen molar-refractivity contribution in [2.24, 2.45) is 5.92 Å². The van der Waals surface area contributed by atoms with E-state index in [2.05, 4.69) is 33.0 Å². The number of hydrogen-bond donors (Lipinski definition) is 1. The Kier molecular flexibility index (Phi) is 3.76. The van der Waals surface area contributed by atoms with E-state index >= 15 is 0 Å². The monoisotopic (exact) mass is 195 g/mol. The second-order valence-electron chi connectivity index (χ2n) is 4.37. The maximum absolute atomic E-state index is 5.56. The molecule has 80 valence electrons. The summed E-state index contributed by atoms with van der Waals surface area (Å²) in [5.41, 5.74) is 0. The van der Waals surface area contributed by atoms with Crippen LogP contribution in [0, 0.1) is 12.8 Å². The number of furan rings is 1. The second kappa shape index (κ2) is 4.65. The molecule has 1 heterocycles. The molecule has 1 aromatic heterocycles. The Balaban J connectivity index is 2.54. The van der Waals surface area contributed by atoms with E-state index in [-0.39, 0.29) is 0 Å². The van der Waals surface area contributed by atoms with Gasteiger partial charge in [-0.1, -0.05) is 13.8 Å². The molecule has 0 aliphatic heterocycles. The van der Waals surface area contributed by atoms with Gasteiger partial charge in [0.25, 0.3) is 0 Å². The lowest BCUT2D eigenvalue weighted by molar-refractivity contribution is 0.347. The topological polar surface area (TPSA) is 25.2 Å². The van der Waals surface area contributed by atoms with Crippen LogP contribution in [0.5, 0.6) is 0 Å². The summed E-state index contributed by atoms with van der Waals surface area (Å²) in [6.45, 7) is 10.8. The van der Waals surface area contributed by atoms with Gasteiger partial charge in [-0.3, -0.25) is 0 Å². The molecule has 2 heteroatoms. The quantitative estimate of drug-likeness (QED) is 0.797. The van der Waals surface area contributed by atoms with E-state index in [0.717, 1.165) is 11.5 Å². The first kappa shape index (κ1) is 11.3. The summed E-state index contributed by atoms with van der Waals surface area (Å²) in [5, 5.41) is 3.52. The highest BCUT2D eigenvalue weighted by Crippen LogP contribution is 2.17. The predicted octanol–water partition coefficient (Wildman–Crippen LogP) is 3.28. The van der Waals surface area contributed by atoms with Gasteiger partial charge in [-0.2, -0.15) is 0 Å². The lowest BCUT2D eigenvalue weighted by atomic mass is 10.1. The Bertz CT molecular complexity index is 278. The van der Waals surface area contributed by atoms with Crippen molar-refractivity contribution in [2.75, 3.05) is 0 Å². The Hall–Kier alpha value is -0.760. The van der Waals surface area contributed by atoms with Crippen molar-refractivity contribution in [1.82, 2.24) is 5.32 Å². The van der Waals surface area contributed by atoms with Gasteiger partial charge in [0, 0.05) is 6.04 Å². The Morgan fingerprint density at radius 3 is 2.21 bits per heavy atom. The minimum atomic E-state index is 0.293. The number of aryl methyl sites for hydroxylation is 1. The molecule has 0 radical (unpaired) electrons. The van der Waals surface area contributed by atoms with Crippen molar-refractivity contribution in [1.29, 1.82) is 0 Å². The highest BCUT2D eigenvalue weighted by Gasteiger charge is 2.14. The van der Waals surface area contributed by atoms with Crippen LogP contribution in [0.15, 0.2) is 16.5 Å². The predicted molar refractivity (Wildman–Crippen MR) is 59.3 cm³/mol. The zero-order valence-electron chi connectivity index (χ0n) is 9.79. The third kappa shape index (κ3) is 2.88. The van der Waals surface area contributed by atoms with Crippen LogP contribution in [0.25, 0.3) is 0 Å². The van der Waals surface area contributed by atoms with Crippen LogP contribution in [0.2, 0.25) is 0 Å². The molecule has 14 heavy (non-hydrogen) atoms. The molecule has 2 nitrogen and oxygen atoms in total. The fourth-order valence-corrected chi connectivity index (χ4v) is 1.36. The normalized spacial score (nSPS) is 15.9. The third-order valence-electron chi connectivity index (χ3n) is 2.70. The van der Waals surface area contributed by atoms with Crippen molar-refractivity contribution in [3.8, 4) is 0 Å². The zero-order chi connectivity index (χ0) is 10.7. The van der Waals surface area contributed by atoms with Crippen LogP contribution in [0.3, 0.4) is 0 Å². The maximum Gasteiger partial charge on any atom is 0.120 e. The third-order valence-corrected chi connectivity index (χ3v) is 2.70. The van der Waals surface area contributed by atoms with Crippen LogP contribution in [0.4, 0.5) is 0 Å². The van der Waals surface area contributed by atoms with Crippen molar-refractivity contribution in [3.05, 3.63) is 23.7 Å². The molecule has 1 N–H and O–H groups in total. The number of hydrogen-bond acceptors (Lipinski definition) is 2. The maximum atomic E-state index is 5.56. The van der Waals surface area contributed by atoms with E-state index in [0.29, 0.717) is 18.0 Å². The first-order valence-electron chi connectivity index (χ1n) is 5.33. The van der Waals surface area contributed by atoms with Gasteiger partial charge in [0.05, 0.1) is 6.04 Å². The van der Waals surface area contributed by atoms with E-state index in [1.165, 1.54) is 0 Å². The molecule has 0 saturated heterocycles. The molecule has 0 aliphatic carbocycles. The summed E-state index contributed by atoms with van der Waals surface area (Å²) >= 11 is 0. The average molecular weight is 195 g/mol. The molecule has 0 amide bonds. The van der Waals surface area contributed by atoms with Gasteiger partial charge in [0.1, 0.15) is 11.5 Å². The van der Waals surface area contributed by atoms with Crippen LogP contribution in [-0.4, -0.2) is 6.04 Å². The van der Waals surface area contributed by atoms with E-state index in [4.69, 9.17) is 4.42 Å². The van der Waals surface area contributed by atoms with E-state index < -0.39 is 0 Å². The molecule has 1 aromatic rings. The molecule has 0 bridgehead atoms. The Morgan fingerprint density at radius 1 is 1.14 bits per heavy atom. The highest BCUT2D eigenvalue weighted by atomic mass is 16.3. The lowest BCUT2D eigenvalue weighted by Gasteiger charge is -2.21. The van der Waals surface area contributed by atoms with E-state index in [9.17, 15) is 0 Å². The molecule has 1 rings (SSSR count). The second-order valence-corrected chi connectivity index (χ2v) is 4.37. The van der Waals surface area contributed by atoms with Crippen molar-refractivity contribution >= 4 is 0 Å². The first-order valence-corrected chi connectivity index (χ1v) is 5.33. The van der Waals surface area contributed by atoms with Crippen LogP contribution >= 0.6 is 0 Å². The van der Waals surface area contributed by atoms with Gasteiger partial charge < -0.3 is 9.73 Å². The standard InChI is InChI=1S/C12H21NO/c1-8(2)10(4)13-11(5)12-7-6-9(3)14-12/h6-8,10-11,13H,1-5H3/t10-,11+/m0/s1. The van der Waals surface area contributed by atoms with Gasteiger partial charge in [-0.15, -0.1) is 0 Å². The Labute approximate surface area is 86.7 Å². The molecule has 0 spiro atoms. The fourth-order valence-electron chi connectivity index (χ4n) is 1.36. The summed E-state index contributed by atoms with van der Waals surface area (Å²) < 4.78 is 5.56. The smallest absolute Gasteiger partial charge is 0.120 e. The van der Waals surface area contributed by atoms with Gasteiger partial charge >= 0.3 is 0 Å². The SMILES string of the molecule is Cc1ccc([C@@H](C)N[C@@H](C)C(C)C)o1. The summed E-state index contributed by atoms with van der Waals surface area (Å²) in [6.07, 6.45) is 0. The molecule has 0 fully saturated rings. The van der Waals surface area contributed by atoms with Crippen LogP contribution in [0.1, 0.15) is 45.3 Å². The summed E-state index contributed by atoms with van der Waals surface area (Å²) in [6, 6.07) is 4.85. The van der Waals surface area contributed by atoms with Crippen molar-refractivity contribution < 1.29 is 4.42 Å². The molecular formula is C12H21NO. The Morgan fingerprint density at radius 2 is 1.79 bits per heavy atom. The molecule has 0 saturated carbocycles. The average Bonchev–Trinajstić information content (AvgIpc) is 2.51.